The monoisotopic (exact) mass is 393 g/mol. The number of Topliss-reactive ketones (excluding diaryl/α,β-unsaturated/α-hetero) is 1. The zero-order valence-corrected chi connectivity index (χ0v) is 17.4. The van der Waals surface area contributed by atoms with E-state index in [0.717, 1.165) is 24.0 Å². The number of amides is 1. The van der Waals surface area contributed by atoms with Crippen LogP contribution in [0, 0.1) is 13.8 Å². The summed E-state index contributed by atoms with van der Waals surface area (Å²) in [5, 5.41) is 11.1. The first-order valence-corrected chi connectivity index (χ1v) is 9.89. The molecule has 2 aromatic carbocycles. The van der Waals surface area contributed by atoms with Crippen LogP contribution in [0.15, 0.2) is 48.0 Å². The number of likely N-dealkylation sites (tertiary alicyclic amines) is 1. The van der Waals surface area contributed by atoms with Gasteiger partial charge in [-0.05, 0) is 43.5 Å². The lowest BCUT2D eigenvalue weighted by Gasteiger charge is -2.26. The molecular formula is C24H27NO4. The molecule has 1 aliphatic heterocycles. The van der Waals surface area contributed by atoms with Crippen LogP contribution in [0.1, 0.15) is 48.1 Å². The van der Waals surface area contributed by atoms with Gasteiger partial charge in [-0.1, -0.05) is 43.7 Å². The molecule has 0 radical (unpaired) electrons. The number of carbonyl (C=O) groups is 2. The Bertz CT molecular complexity index is 977. The van der Waals surface area contributed by atoms with Crippen molar-refractivity contribution in [1.82, 2.24) is 4.90 Å². The topological polar surface area (TPSA) is 66.8 Å². The van der Waals surface area contributed by atoms with Crippen LogP contribution in [-0.4, -0.2) is 35.4 Å². The SMILES string of the molecule is CCCCN1C(=O)C(=O)/C(=C(/O)c2ccc(C)c(C)c2)C1c1ccccc1OC. The largest absolute Gasteiger partial charge is 0.507 e. The Kier molecular flexibility index (Phi) is 6.06. The van der Waals surface area contributed by atoms with Crippen LogP contribution in [0.5, 0.6) is 5.75 Å². The fraction of sp³-hybridized carbons (Fsp3) is 0.333. The molecule has 1 aliphatic rings. The molecule has 0 aliphatic carbocycles. The van der Waals surface area contributed by atoms with Gasteiger partial charge < -0.3 is 14.7 Å². The summed E-state index contributed by atoms with van der Waals surface area (Å²) in [5.41, 5.74) is 3.42. The number of aryl methyl sites for hydroxylation is 2. The second kappa shape index (κ2) is 8.52. The number of para-hydroxylation sites is 1. The van der Waals surface area contributed by atoms with E-state index in [1.54, 1.807) is 24.1 Å². The standard InChI is InChI=1S/C24H27NO4/c1-5-6-13-25-21(18-9-7-8-10-19(18)29-4)20(23(27)24(25)28)22(26)17-12-11-15(2)16(3)14-17/h7-12,14,21,26H,5-6,13H2,1-4H3/b22-20+. The first-order chi connectivity index (χ1) is 13.9. The third kappa shape index (κ3) is 3.77. The Labute approximate surface area is 171 Å². The minimum atomic E-state index is -0.681. The van der Waals surface area contributed by atoms with E-state index in [-0.39, 0.29) is 11.3 Å². The number of rotatable bonds is 6. The van der Waals surface area contributed by atoms with Gasteiger partial charge in [-0.3, -0.25) is 9.59 Å². The maximum absolute atomic E-state index is 13.0. The Balaban J connectivity index is 2.22. The Hall–Kier alpha value is -3.08. The number of benzene rings is 2. The molecule has 3 rings (SSSR count). The highest BCUT2D eigenvalue weighted by Gasteiger charge is 2.46. The molecule has 0 bridgehead atoms. The Morgan fingerprint density at radius 2 is 1.83 bits per heavy atom. The molecule has 2 aromatic rings. The van der Waals surface area contributed by atoms with Gasteiger partial charge in [0, 0.05) is 17.7 Å². The third-order valence-electron chi connectivity index (χ3n) is 5.51. The second-order valence-electron chi connectivity index (χ2n) is 7.39. The third-order valence-corrected chi connectivity index (χ3v) is 5.51. The summed E-state index contributed by atoms with van der Waals surface area (Å²) in [7, 11) is 1.56. The molecular weight excluding hydrogens is 366 g/mol. The zero-order valence-electron chi connectivity index (χ0n) is 17.4. The summed E-state index contributed by atoms with van der Waals surface area (Å²) >= 11 is 0. The normalized spacial score (nSPS) is 18.3. The molecule has 1 amide bonds. The highest BCUT2D eigenvalue weighted by molar-refractivity contribution is 6.46. The minimum Gasteiger partial charge on any atom is -0.507 e. The van der Waals surface area contributed by atoms with E-state index in [4.69, 9.17) is 4.74 Å². The predicted molar refractivity (Wildman–Crippen MR) is 113 cm³/mol. The number of unbranched alkanes of at least 4 members (excludes halogenated alkanes) is 1. The summed E-state index contributed by atoms with van der Waals surface area (Å²) in [6, 6.07) is 12.1. The summed E-state index contributed by atoms with van der Waals surface area (Å²) < 4.78 is 5.50. The maximum Gasteiger partial charge on any atom is 0.295 e. The van der Waals surface area contributed by atoms with E-state index in [2.05, 4.69) is 0 Å². The lowest BCUT2D eigenvalue weighted by molar-refractivity contribution is -0.139. The van der Waals surface area contributed by atoms with Gasteiger partial charge in [0.25, 0.3) is 11.7 Å². The maximum atomic E-state index is 13.0. The number of methoxy groups -OCH3 is 1. The van der Waals surface area contributed by atoms with Gasteiger partial charge in [-0.25, -0.2) is 0 Å². The first-order valence-electron chi connectivity index (χ1n) is 9.89. The van der Waals surface area contributed by atoms with E-state index in [9.17, 15) is 14.7 Å². The molecule has 29 heavy (non-hydrogen) atoms. The van der Waals surface area contributed by atoms with Gasteiger partial charge in [-0.15, -0.1) is 0 Å². The Morgan fingerprint density at radius 3 is 2.48 bits per heavy atom. The van der Waals surface area contributed by atoms with E-state index in [1.165, 1.54) is 0 Å². The van der Waals surface area contributed by atoms with Crippen molar-refractivity contribution in [3.63, 3.8) is 0 Å². The van der Waals surface area contributed by atoms with Crippen molar-refractivity contribution in [2.24, 2.45) is 0 Å². The summed E-state index contributed by atoms with van der Waals surface area (Å²) in [6.07, 6.45) is 1.65. The average molecular weight is 393 g/mol. The molecule has 1 unspecified atom stereocenters. The van der Waals surface area contributed by atoms with E-state index >= 15 is 0 Å². The minimum absolute atomic E-state index is 0.110. The van der Waals surface area contributed by atoms with Gasteiger partial charge >= 0.3 is 0 Å². The number of hydrogen-bond donors (Lipinski definition) is 1. The Morgan fingerprint density at radius 1 is 1.10 bits per heavy atom. The second-order valence-corrected chi connectivity index (χ2v) is 7.39. The first kappa shape index (κ1) is 20.6. The van der Waals surface area contributed by atoms with Crippen LogP contribution in [0.4, 0.5) is 0 Å². The number of hydrogen-bond acceptors (Lipinski definition) is 4. The number of aliphatic hydroxyl groups excluding tert-OH is 1. The summed E-state index contributed by atoms with van der Waals surface area (Å²) in [4.78, 5) is 27.4. The molecule has 152 valence electrons. The van der Waals surface area contributed by atoms with Crippen molar-refractivity contribution >= 4 is 17.4 Å². The number of carbonyl (C=O) groups excluding carboxylic acids is 2. The van der Waals surface area contributed by atoms with Crippen molar-refractivity contribution in [1.29, 1.82) is 0 Å². The molecule has 0 spiro atoms. The molecule has 1 saturated heterocycles. The molecule has 0 aromatic heterocycles. The number of ether oxygens (including phenoxy) is 1. The van der Waals surface area contributed by atoms with Crippen molar-refractivity contribution in [2.45, 2.75) is 39.7 Å². The number of ketones is 1. The van der Waals surface area contributed by atoms with Gasteiger partial charge in [-0.2, -0.15) is 0 Å². The van der Waals surface area contributed by atoms with E-state index in [0.29, 0.717) is 23.4 Å². The zero-order chi connectivity index (χ0) is 21.1. The van der Waals surface area contributed by atoms with Crippen molar-refractivity contribution < 1.29 is 19.4 Å². The molecule has 1 atom stereocenters. The van der Waals surface area contributed by atoms with Gasteiger partial charge in [0.1, 0.15) is 11.5 Å². The molecule has 0 saturated carbocycles. The van der Waals surface area contributed by atoms with Crippen LogP contribution in [0.25, 0.3) is 5.76 Å². The molecule has 1 fully saturated rings. The van der Waals surface area contributed by atoms with Crippen LogP contribution in [0.2, 0.25) is 0 Å². The molecule has 1 heterocycles. The molecule has 5 heteroatoms. The quantitative estimate of drug-likeness (QED) is 0.445. The van der Waals surface area contributed by atoms with Crippen LogP contribution < -0.4 is 4.74 Å². The number of nitrogens with zero attached hydrogens (tertiary/aromatic N) is 1. The van der Waals surface area contributed by atoms with E-state index < -0.39 is 17.7 Å². The summed E-state index contributed by atoms with van der Waals surface area (Å²) in [6.45, 7) is 6.40. The fourth-order valence-corrected chi connectivity index (χ4v) is 3.70. The predicted octanol–water partition coefficient (Wildman–Crippen LogP) is 4.53. The molecule has 1 N–H and O–H groups in total. The number of aliphatic hydroxyl groups is 1. The van der Waals surface area contributed by atoms with Gasteiger partial charge in [0.05, 0.1) is 18.7 Å². The van der Waals surface area contributed by atoms with Crippen molar-refractivity contribution in [2.75, 3.05) is 13.7 Å². The highest BCUT2D eigenvalue weighted by atomic mass is 16.5. The van der Waals surface area contributed by atoms with Crippen LogP contribution in [0.3, 0.4) is 0 Å². The van der Waals surface area contributed by atoms with E-state index in [1.807, 2.05) is 51.1 Å². The van der Waals surface area contributed by atoms with Crippen LogP contribution in [-0.2, 0) is 9.59 Å². The van der Waals surface area contributed by atoms with Crippen molar-refractivity contribution in [3.05, 3.63) is 70.3 Å². The van der Waals surface area contributed by atoms with Gasteiger partial charge in [0.15, 0.2) is 0 Å². The fourth-order valence-electron chi connectivity index (χ4n) is 3.70. The van der Waals surface area contributed by atoms with Crippen molar-refractivity contribution in [3.8, 4) is 5.75 Å². The average Bonchev–Trinajstić information content (AvgIpc) is 2.98. The van der Waals surface area contributed by atoms with Gasteiger partial charge in [0.2, 0.25) is 0 Å². The molecule has 5 nitrogen and oxygen atoms in total. The summed E-state index contributed by atoms with van der Waals surface area (Å²) in [5.74, 6) is -0.819. The lowest BCUT2D eigenvalue weighted by Crippen LogP contribution is -2.30. The van der Waals surface area contributed by atoms with Crippen LogP contribution >= 0.6 is 0 Å². The highest BCUT2D eigenvalue weighted by Crippen LogP contribution is 2.42. The smallest absolute Gasteiger partial charge is 0.295 e. The lowest BCUT2D eigenvalue weighted by atomic mass is 9.93.